The summed E-state index contributed by atoms with van der Waals surface area (Å²) in [6.45, 7) is -0.0851. The highest BCUT2D eigenvalue weighted by Gasteiger charge is 2.59. The van der Waals surface area contributed by atoms with Crippen molar-refractivity contribution in [3.8, 4) is 0 Å². The second-order valence-corrected chi connectivity index (χ2v) is 8.83. The first-order chi connectivity index (χ1) is 15.4. The predicted molar refractivity (Wildman–Crippen MR) is 116 cm³/mol. The van der Waals surface area contributed by atoms with Crippen LogP contribution in [0.4, 0.5) is 18.9 Å². The van der Waals surface area contributed by atoms with Crippen LogP contribution < -0.4 is 4.90 Å². The molecule has 0 saturated carbocycles. The number of nitrogens with zero attached hydrogens (tertiary/aromatic N) is 2. The molecule has 162 valence electrons. The van der Waals surface area contributed by atoms with Crippen molar-refractivity contribution in [2.75, 3.05) is 17.2 Å². The Hall–Kier alpha value is -3.26. The van der Waals surface area contributed by atoms with Gasteiger partial charge in [-0.05, 0) is 30.3 Å². The van der Waals surface area contributed by atoms with Gasteiger partial charge in [-0.1, -0.05) is 36.4 Å². The zero-order chi connectivity index (χ0) is 22.5. The molecule has 0 bridgehead atoms. The Morgan fingerprint density at radius 2 is 1.56 bits per heavy atom. The van der Waals surface area contributed by atoms with Crippen molar-refractivity contribution < 1.29 is 22.8 Å². The number of rotatable bonds is 3. The van der Waals surface area contributed by atoms with Gasteiger partial charge in [-0.3, -0.25) is 9.59 Å². The minimum atomic E-state index is -1.42. The molecule has 2 heterocycles. The van der Waals surface area contributed by atoms with Gasteiger partial charge in [-0.25, -0.2) is 13.2 Å². The Morgan fingerprint density at radius 1 is 0.906 bits per heavy atom. The molecule has 1 saturated heterocycles. The highest BCUT2D eigenvalue weighted by atomic mass is 32.2. The van der Waals surface area contributed by atoms with E-state index in [4.69, 9.17) is 0 Å². The maximum Gasteiger partial charge on any atom is 0.268 e. The van der Waals surface area contributed by atoms with Crippen LogP contribution in [-0.2, 0) is 16.2 Å². The fraction of sp³-hybridized carbons (Fsp3) is 0.167. The van der Waals surface area contributed by atoms with Crippen LogP contribution in [0.15, 0.2) is 66.7 Å². The minimum absolute atomic E-state index is 0.127. The molecule has 1 unspecified atom stereocenters. The number of hydrogen-bond donors (Lipinski definition) is 0. The first kappa shape index (κ1) is 20.6. The van der Waals surface area contributed by atoms with Gasteiger partial charge in [0, 0.05) is 23.4 Å². The average Bonchev–Trinajstić information content (AvgIpc) is 3.33. The van der Waals surface area contributed by atoms with E-state index in [0.717, 1.165) is 12.1 Å². The van der Waals surface area contributed by atoms with Crippen molar-refractivity contribution in [2.24, 2.45) is 0 Å². The average molecular weight is 454 g/mol. The van der Waals surface area contributed by atoms with E-state index in [2.05, 4.69) is 0 Å². The number of amides is 2. The summed E-state index contributed by atoms with van der Waals surface area (Å²) < 4.78 is 43.1. The van der Waals surface area contributed by atoms with Crippen molar-refractivity contribution in [1.29, 1.82) is 0 Å². The van der Waals surface area contributed by atoms with Crippen LogP contribution in [0.3, 0.4) is 0 Å². The second kappa shape index (κ2) is 7.70. The molecule has 0 aromatic heterocycles. The van der Waals surface area contributed by atoms with Crippen LogP contribution in [-0.4, -0.2) is 29.0 Å². The lowest BCUT2D eigenvalue weighted by Crippen LogP contribution is -2.50. The minimum Gasteiger partial charge on any atom is -0.311 e. The molecule has 5 rings (SSSR count). The fourth-order valence-corrected chi connectivity index (χ4v) is 5.81. The van der Waals surface area contributed by atoms with Crippen LogP contribution in [0, 0.1) is 17.5 Å². The number of fused-ring (bicyclic) bond motifs is 2. The van der Waals surface area contributed by atoms with Gasteiger partial charge in [0.25, 0.3) is 11.8 Å². The summed E-state index contributed by atoms with van der Waals surface area (Å²) in [6.07, 6.45) is 0. The van der Waals surface area contributed by atoms with Crippen LogP contribution in [0.5, 0.6) is 0 Å². The first-order valence-corrected chi connectivity index (χ1v) is 11.0. The Kier molecular flexibility index (Phi) is 4.97. The number of halogens is 3. The zero-order valence-corrected chi connectivity index (χ0v) is 17.5. The van der Waals surface area contributed by atoms with Crippen molar-refractivity contribution in [3.63, 3.8) is 0 Å². The summed E-state index contributed by atoms with van der Waals surface area (Å²) in [4.78, 5) is 28.4. The van der Waals surface area contributed by atoms with Crippen molar-refractivity contribution in [3.05, 3.63) is 101 Å². The van der Waals surface area contributed by atoms with Gasteiger partial charge in [-0.2, -0.15) is 0 Å². The van der Waals surface area contributed by atoms with Crippen LogP contribution >= 0.6 is 11.8 Å². The Balaban J connectivity index is 1.61. The summed E-state index contributed by atoms with van der Waals surface area (Å²) in [5.41, 5.74) is 0.663. The third-order valence-electron chi connectivity index (χ3n) is 5.83. The monoisotopic (exact) mass is 454 g/mol. The molecule has 0 aliphatic carbocycles. The number of hydrogen-bond acceptors (Lipinski definition) is 3. The largest absolute Gasteiger partial charge is 0.311 e. The molecule has 2 aliphatic rings. The van der Waals surface area contributed by atoms with Crippen molar-refractivity contribution in [2.45, 2.75) is 11.4 Å². The van der Waals surface area contributed by atoms with Crippen molar-refractivity contribution >= 4 is 29.3 Å². The van der Waals surface area contributed by atoms with Crippen LogP contribution in [0.2, 0.25) is 0 Å². The summed E-state index contributed by atoms with van der Waals surface area (Å²) >= 11 is 1.27. The molecule has 4 nitrogen and oxygen atoms in total. The summed E-state index contributed by atoms with van der Waals surface area (Å²) in [5, 5.41) is 0. The normalized spacial score (nSPS) is 19.7. The predicted octanol–water partition coefficient (Wildman–Crippen LogP) is 4.69. The molecule has 0 radical (unpaired) electrons. The maximum atomic E-state index is 14.4. The number of thioether (sulfide) groups is 1. The SMILES string of the molecule is O=C(c1ccccc1F)N1CCSC12C(=O)N(Cc1c(F)cccc1F)c1ccccc12. The van der Waals surface area contributed by atoms with E-state index in [1.807, 2.05) is 0 Å². The Morgan fingerprint density at radius 3 is 2.31 bits per heavy atom. The lowest BCUT2D eigenvalue weighted by atomic mass is 10.0. The van der Waals surface area contributed by atoms with E-state index in [-0.39, 0.29) is 24.2 Å². The molecule has 2 aliphatic heterocycles. The van der Waals surface area contributed by atoms with Gasteiger partial charge >= 0.3 is 0 Å². The third-order valence-corrected chi connectivity index (χ3v) is 7.25. The zero-order valence-electron chi connectivity index (χ0n) is 16.7. The van der Waals surface area contributed by atoms with E-state index in [0.29, 0.717) is 17.0 Å². The smallest absolute Gasteiger partial charge is 0.268 e. The van der Waals surface area contributed by atoms with E-state index >= 15 is 0 Å². The molecule has 2 amide bonds. The summed E-state index contributed by atoms with van der Waals surface area (Å²) in [6, 6.07) is 16.0. The summed E-state index contributed by atoms with van der Waals surface area (Å²) in [7, 11) is 0. The highest BCUT2D eigenvalue weighted by molar-refractivity contribution is 8.01. The Bertz CT molecular complexity index is 1230. The van der Waals surface area contributed by atoms with E-state index in [1.165, 1.54) is 45.8 Å². The number of anilines is 1. The van der Waals surface area contributed by atoms with Gasteiger partial charge in [0.05, 0.1) is 17.8 Å². The number of benzene rings is 3. The molecule has 32 heavy (non-hydrogen) atoms. The number of carbonyl (C=O) groups excluding carboxylic acids is 2. The molecular weight excluding hydrogens is 437 g/mol. The van der Waals surface area contributed by atoms with Gasteiger partial charge in [-0.15, -0.1) is 11.8 Å². The number of carbonyl (C=O) groups is 2. The number of para-hydroxylation sites is 1. The van der Waals surface area contributed by atoms with Gasteiger partial charge in [0.1, 0.15) is 17.5 Å². The molecule has 1 fully saturated rings. The van der Waals surface area contributed by atoms with E-state index < -0.39 is 34.1 Å². The molecule has 0 N–H and O–H groups in total. The third kappa shape index (κ3) is 2.93. The van der Waals surface area contributed by atoms with Crippen LogP contribution in [0.1, 0.15) is 21.5 Å². The van der Waals surface area contributed by atoms with Crippen molar-refractivity contribution in [1.82, 2.24) is 4.90 Å². The quantitative estimate of drug-likeness (QED) is 0.577. The van der Waals surface area contributed by atoms with Gasteiger partial charge in [0.15, 0.2) is 4.87 Å². The Labute approximate surface area is 186 Å². The molecular formula is C24H17F3N2O2S. The van der Waals surface area contributed by atoms with Gasteiger partial charge < -0.3 is 9.80 Å². The maximum absolute atomic E-state index is 14.4. The van der Waals surface area contributed by atoms with E-state index in [9.17, 15) is 22.8 Å². The summed E-state index contributed by atoms with van der Waals surface area (Å²) in [5.74, 6) is -2.80. The molecule has 1 spiro atoms. The topological polar surface area (TPSA) is 40.6 Å². The second-order valence-electron chi connectivity index (χ2n) is 7.54. The highest BCUT2D eigenvalue weighted by Crippen LogP contribution is 2.54. The molecule has 8 heteroatoms. The molecule has 3 aromatic rings. The molecule has 3 aromatic carbocycles. The standard InChI is InChI=1S/C24H17F3N2O2S/c25-18-8-3-1-6-15(18)22(30)29-12-13-32-24(29)17-7-2-4-11-21(17)28(23(24)31)14-16-19(26)9-5-10-20(16)27/h1-11H,12-14H2. The first-order valence-electron chi connectivity index (χ1n) is 10.00. The lowest BCUT2D eigenvalue weighted by Gasteiger charge is -2.33. The molecule has 1 atom stereocenters. The van der Waals surface area contributed by atoms with E-state index in [1.54, 1.807) is 30.3 Å². The lowest BCUT2D eigenvalue weighted by molar-refractivity contribution is -0.123. The van der Waals surface area contributed by atoms with Gasteiger partial charge in [0.2, 0.25) is 0 Å². The fourth-order valence-electron chi connectivity index (χ4n) is 4.35. The van der Waals surface area contributed by atoms with Crippen LogP contribution in [0.25, 0.3) is 0 Å².